The lowest BCUT2D eigenvalue weighted by Gasteiger charge is -2.45. The normalized spacial score (nSPS) is 22.2. The molecule has 4 nitrogen and oxygen atoms in total. The van der Waals surface area contributed by atoms with Gasteiger partial charge in [0.2, 0.25) is 0 Å². The van der Waals surface area contributed by atoms with Crippen molar-refractivity contribution in [1.82, 2.24) is 0 Å². The second kappa shape index (κ2) is 3.78. The van der Waals surface area contributed by atoms with Gasteiger partial charge in [-0.3, -0.25) is 0 Å². The standard InChI is InChI=1S/C8H15N3O/c1-2-8(4-3-5-8)7(6-12)10-11-9/h7,12H,2-6H2,1H3. The van der Waals surface area contributed by atoms with Gasteiger partial charge >= 0.3 is 0 Å². The molecule has 1 unspecified atom stereocenters. The molecule has 12 heavy (non-hydrogen) atoms. The Morgan fingerprint density at radius 3 is 2.58 bits per heavy atom. The number of hydrogen-bond acceptors (Lipinski definition) is 2. The van der Waals surface area contributed by atoms with E-state index in [2.05, 4.69) is 16.9 Å². The molecule has 4 heteroatoms. The molecular formula is C8H15N3O. The summed E-state index contributed by atoms with van der Waals surface area (Å²) < 4.78 is 0. The summed E-state index contributed by atoms with van der Waals surface area (Å²) in [6.07, 6.45) is 4.38. The van der Waals surface area contributed by atoms with E-state index in [-0.39, 0.29) is 18.1 Å². The van der Waals surface area contributed by atoms with Gasteiger partial charge in [0.25, 0.3) is 0 Å². The van der Waals surface area contributed by atoms with Crippen molar-refractivity contribution in [3.05, 3.63) is 10.4 Å². The molecule has 1 saturated carbocycles. The molecule has 0 saturated heterocycles. The molecule has 1 N–H and O–H groups in total. The fourth-order valence-electron chi connectivity index (χ4n) is 1.97. The Bertz CT molecular complexity index is 189. The van der Waals surface area contributed by atoms with Gasteiger partial charge in [-0.15, -0.1) is 0 Å². The maximum atomic E-state index is 9.02. The predicted octanol–water partition coefficient (Wildman–Crippen LogP) is 2.24. The zero-order chi connectivity index (χ0) is 9.03. The first-order chi connectivity index (χ1) is 5.79. The van der Waals surface area contributed by atoms with E-state index in [9.17, 15) is 0 Å². The van der Waals surface area contributed by atoms with Crippen LogP contribution in [0.1, 0.15) is 32.6 Å². The van der Waals surface area contributed by atoms with E-state index in [1.165, 1.54) is 6.42 Å². The minimum Gasteiger partial charge on any atom is -0.396 e. The molecule has 1 rings (SSSR count). The Kier molecular flexibility index (Phi) is 2.95. The molecule has 0 aromatic carbocycles. The Balaban J connectivity index is 2.67. The van der Waals surface area contributed by atoms with Crippen LogP contribution in [0.3, 0.4) is 0 Å². The zero-order valence-electron chi connectivity index (χ0n) is 7.40. The number of hydrogen-bond donors (Lipinski definition) is 1. The smallest absolute Gasteiger partial charge is 0.0661 e. The van der Waals surface area contributed by atoms with E-state index in [0.717, 1.165) is 19.3 Å². The largest absolute Gasteiger partial charge is 0.396 e. The minimum atomic E-state index is -0.207. The van der Waals surface area contributed by atoms with E-state index in [0.29, 0.717) is 0 Å². The molecule has 0 aromatic heterocycles. The highest BCUT2D eigenvalue weighted by Crippen LogP contribution is 2.47. The highest BCUT2D eigenvalue weighted by molar-refractivity contribution is 4.96. The molecule has 0 aliphatic heterocycles. The average Bonchev–Trinajstić information content (AvgIpc) is 2.02. The summed E-state index contributed by atoms with van der Waals surface area (Å²) >= 11 is 0. The minimum absolute atomic E-state index is 0.0160. The van der Waals surface area contributed by atoms with E-state index < -0.39 is 0 Å². The highest BCUT2D eigenvalue weighted by Gasteiger charge is 2.41. The van der Waals surface area contributed by atoms with Crippen LogP contribution in [0.5, 0.6) is 0 Å². The first-order valence-electron chi connectivity index (χ1n) is 4.44. The molecule has 0 aromatic rings. The van der Waals surface area contributed by atoms with Crippen LogP contribution in [0.25, 0.3) is 10.4 Å². The SMILES string of the molecule is CCC1(C(CO)N=[N+]=[N-])CCC1. The second-order valence-corrected chi connectivity index (χ2v) is 3.47. The molecule has 1 aliphatic carbocycles. The maximum absolute atomic E-state index is 9.02. The summed E-state index contributed by atoms with van der Waals surface area (Å²) in [5.74, 6) is 0. The molecule has 1 aliphatic rings. The van der Waals surface area contributed by atoms with Crippen LogP contribution in [0.2, 0.25) is 0 Å². The highest BCUT2D eigenvalue weighted by atomic mass is 16.3. The van der Waals surface area contributed by atoms with Crippen LogP contribution >= 0.6 is 0 Å². The van der Waals surface area contributed by atoms with Gasteiger partial charge in [-0.25, -0.2) is 0 Å². The van der Waals surface area contributed by atoms with Crippen molar-refractivity contribution in [3.8, 4) is 0 Å². The van der Waals surface area contributed by atoms with Crippen LogP contribution < -0.4 is 0 Å². The number of rotatable bonds is 4. The van der Waals surface area contributed by atoms with E-state index in [1.807, 2.05) is 0 Å². The van der Waals surface area contributed by atoms with Crippen LogP contribution in [0, 0.1) is 5.41 Å². The summed E-state index contributed by atoms with van der Waals surface area (Å²) in [4.78, 5) is 2.77. The average molecular weight is 169 g/mol. The monoisotopic (exact) mass is 169 g/mol. The third-order valence-corrected chi connectivity index (χ3v) is 3.12. The van der Waals surface area contributed by atoms with Crippen molar-refractivity contribution in [2.75, 3.05) is 6.61 Å². The molecule has 68 valence electrons. The van der Waals surface area contributed by atoms with E-state index >= 15 is 0 Å². The number of aliphatic hydroxyl groups excluding tert-OH is 1. The quantitative estimate of drug-likeness (QED) is 0.391. The predicted molar refractivity (Wildman–Crippen MR) is 46.6 cm³/mol. The molecule has 1 fully saturated rings. The van der Waals surface area contributed by atoms with Gasteiger partial charge in [0.05, 0.1) is 12.6 Å². The zero-order valence-corrected chi connectivity index (χ0v) is 7.40. The summed E-state index contributed by atoms with van der Waals surface area (Å²) in [5.41, 5.74) is 8.41. The van der Waals surface area contributed by atoms with Crippen LogP contribution in [0.4, 0.5) is 0 Å². The topological polar surface area (TPSA) is 69.0 Å². The summed E-state index contributed by atoms with van der Waals surface area (Å²) in [6.45, 7) is 2.08. The second-order valence-electron chi connectivity index (χ2n) is 3.47. The lowest BCUT2D eigenvalue weighted by molar-refractivity contribution is 0.0560. The van der Waals surface area contributed by atoms with Gasteiger partial charge in [0.1, 0.15) is 0 Å². The summed E-state index contributed by atoms with van der Waals surface area (Å²) in [6, 6.07) is -0.207. The molecule has 0 radical (unpaired) electrons. The Labute approximate surface area is 72.2 Å². The van der Waals surface area contributed by atoms with Crippen molar-refractivity contribution in [1.29, 1.82) is 0 Å². The fourth-order valence-corrected chi connectivity index (χ4v) is 1.97. The number of nitrogens with zero attached hydrogens (tertiary/aromatic N) is 3. The van der Waals surface area contributed by atoms with Gasteiger partial charge in [-0.05, 0) is 30.2 Å². The Morgan fingerprint density at radius 2 is 2.33 bits per heavy atom. The number of azide groups is 1. The van der Waals surface area contributed by atoms with Crippen molar-refractivity contribution < 1.29 is 5.11 Å². The third kappa shape index (κ3) is 1.40. The maximum Gasteiger partial charge on any atom is 0.0661 e. The molecule has 0 bridgehead atoms. The van der Waals surface area contributed by atoms with Crippen LogP contribution in [-0.4, -0.2) is 17.8 Å². The van der Waals surface area contributed by atoms with Gasteiger partial charge in [-0.2, -0.15) is 0 Å². The summed E-state index contributed by atoms with van der Waals surface area (Å²) in [5, 5.41) is 12.7. The van der Waals surface area contributed by atoms with Gasteiger partial charge < -0.3 is 5.11 Å². The fraction of sp³-hybridized carbons (Fsp3) is 1.00. The van der Waals surface area contributed by atoms with Gasteiger partial charge in [-0.1, -0.05) is 18.5 Å². The van der Waals surface area contributed by atoms with Crippen LogP contribution in [0.15, 0.2) is 5.11 Å². The first-order valence-corrected chi connectivity index (χ1v) is 4.44. The lowest BCUT2D eigenvalue weighted by atomic mass is 9.63. The summed E-state index contributed by atoms with van der Waals surface area (Å²) in [7, 11) is 0. The lowest BCUT2D eigenvalue weighted by Crippen LogP contribution is -2.41. The Hall–Kier alpha value is -0.730. The third-order valence-electron chi connectivity index (χ3n) is 3.12. The molecular weight excluding hydrogens is 154 g/mol. The molecule has 0 heterocycles. The van der Waals surface area contributed by atoms with Crippen molar-refractivity contribution in [2.24, 2.45) is 10.5 Å². The molecule has 0 amide bonds. The Morgan fingerprint density at radius 1 is 1.67 bits per heavy atom. The number of aliphatic hydroxyl groups is 1. The molecule has 0 spiro atoms. The van der Waals surface area contributed by atoms with E-state index in [4.69, 9.17) is 10.6 Å². The van der Waals surface area contributed by atoms with Gasteiger partial charge in [0, 0.05) is 4.91 Å². The molecule has 1 atom stereocenters. The first kappa shape index (κ1) is 9.36. The van der Waals surface area contributed by atoms with Crippen molar-refractivity contribution in [2.45, 2.75) is 38.6 Å². The van der Waals surface area contributed by atoms with Gasteiger partial charge in [0.15, 0.2) is 0 Å². The van der Waals surface area contributed by atoms with Crippen molar-refractivity contribution in [3.63, 3.8) is 0 Å². The van der Waals surface area contributed by atoms with Crippen molar-refractivity contribution >= 4 is 0 Å². The van der Waals surface area contributed by atoms with E-state index in [1.54, 1.807) is 0 Å². The van der Waals surface area contributed by atoms with Crippen LogP contribution in [-0.2, 0) is 0 Å².